The van der Waals surface area contributed by atoms with Gasteiger partial charge in [-0.05, 0) is 44.6 Å². The number of aryl methyl sites for hydroxylation is 1. The summed E-state index contributed by atoms with van der Waals surface area (Å²) >= 11 is 1.04. The molecule has 8 nitrogen and oxygen atoms in total. The monoisotopic (exact) mass is 422 g/mol. The second-order valence-electron chi connectivity index (χ2n) is 5.59. The van der Waals surface area contributed by atoms with Crippen molar-refractivity contribution in [1.82, 2.24) is 0 Å². The van der Waals surface area contributed by atoms with Crippen molar-refractivity contribution in [2.45, 2.75) is 52.1 Å². The molecule has 1 heterocycles. The third-order valence-corrected chi connectivity index (χ3v) is 6.21. The Labute approximate surface area is 160 Å². The van der Waals surface area contributed by atoms with Gasteiger partial charge in [0.05, 0.1) is 12.2 Å². The van der Waals surface area contributed by atoms with Crippen LogP contribution >= 0.6 is 22.4 Å². The Balaban J connectivity index is 2.22. The van der Waals surface area contributed by atoms with Crippen molar-refractivity contribution in [2.24, 2.45) is 0 Å². The number of ether oxygens (including phenoxy) is 1. The van der Waals surface area contributed by atoms with Crippen LogP contribution in [0, 0.1) is 0 Å². The zero-order valence-electron chi connectivity index (χ0n) is 14.4. The van der Waals surface area contributed by atoms with Crippen molar-refractivity contribution in [3.8, 4) is 0 Å². The maximum Gasteiger partial charge on any atom is 0.341 e. The molecule has 1 unspecified atom stereocenters. The van der Waals surface area contributed by atoms with Gasteiger partial charge in [-0.2, -0.15) is 0 Å². The van der Waals surface area contributed by atoms with E-state index in [1.54, 1.807) is 13.8 Å². The molecule has 1 N–H and O–H groups in total. The Kier molecular flexibility index (Phi) is 7.47. The van der Waals surface area contributed by atoms with Gasteiger partial charge in [-0.1, -0.05) is 6.92 Å². The lowest BCUT2D eigenvalue weighted by molar-refractivity contribution is -0.122. The second kappa shape index (κ2) is 9.18. The summed E-state index contributed by atoms with van der Waals surface area (Å²) < 4.78 is 42.0. The largest absolute Gasteiger partial charge is 0.738 e. The number of hydrogen-bond acceptors (Lipinski definition) is 9. The van der Waals surface area contributed by atoms with E-state index in [9.17, 15) is 22.6 Å². The van der Waals surface area contributed by atoms with Crippen LogP contribution in [-0.4, -0.2) is 37.6 Å². The van der Waals surface area contributed by atoms with E-state index in [0.717, 1.165) is 36.1 Å². The molecule has 0 radical (unpaired) electrons. The highest BCUT2D eigenvalue weighted by Gasteiger charge is 2.29. The molecule has 1 atom stereocenters. The lowest BCUT2D eigenvalue weighted by Crippen LogP contribution is -2.29. The molecule has 1 aliphatic carbocycles. The highest BCUT2D eigenvalue weighted by Crippen LogP contribution is 2.38. The fourth-order valence-electron chi connectivity index (χ4n) is 2.66. The smallest absolute Gasteiger partial charge is 0.341 e. The first-order valence-corrected chi connectivity index (χ1v) is 11.7. The minimum atomic E-state index is -4.67. The van der Waals surface area contributed by atoms with E-state index in [1.165, 1.54) is 11.3 Å². The highest BCUT2D eigenvalue weighted by molar-refractivity contribution is 8.67. The first-order valence-electron chi connectivity index (χ1n) is 8.20. The van der Waals surface area contributed by atoms with Gasteiger partial charge in [0.25, 0.3) is 5.91 Å². The van der Waals surface area contributed by atoms with Crippen molar-refractivity contribution < 1.29 is 31.5 Å². The molecule has 1 aromatic rings. The lowest BCUT2D eigenvalue weighted by Gasteiger charge is -2.16. The average molecular weight is 423 g/mol. The second-order valence-corrected chi connectivity index (χ2v) is 9.48. The summed E-state index contributed by atoms with van der Waals surface area (Å²) in [5.74, 6) is -1.11. The van der Waals surface area contributed by atoms with Crippen molar-refractivity contribution in [3.63, 3.8) is 0 Å². The van der Waals surface area contributed by atoms with Gasteiger partial charge in [-0.3, -0.25) is 8.98 Å². The van der Waals surface area contributed by atoms with Crippen molar-refractivity contribution >= 4 is 48.4 Å². The summed E-state index contributed by atoms with van der Waals surface area (Å²) in [5, 5.41) is 3.01. The average Bonchev–Trinajstić information content (AvgIpc) is 2.92. The molecule has 1 aromatic heterocycles. The third-order valence-electron chi connectivity index (χ3n) is 3.79. The summed E-state index contributed by atoms with van der Waals surface area (Å²) in [7, 11) is -4.67. The van der Waals surface area contributed by atoms with Crippen molar-refractivity contribution in [2.75, 3.05) is 11.9 Å². The Morgan fingerprint density at radius 1 is 1.31 bits per heavy atom. The van der Waals surface area contributed by atoms with Gasteiger partial charge < -0.3 is 14.6 Å². The van der Waals surface area contributed by atoms with Gasteiger partial charge in [-0.15, -0.1) is 11.3 Å². The van der Waals surface area contributed by atoms with Gasteiger partial charge in [-0.25, -0.2) is 13.2 Å². The summed E-state index contributed by atoms with van der Waals surface area (Å²) in [4.78, 5) is 25.8. The number of nitrogens with one attached hydrogen (secondary N) is 1. The molecule has 0 aromatic carbocycles. The molecular formula is C15H20NO7S3-. The van der Waals surface area contributed by atoms with Crippen LogP contribution in [0.25, 0.3) is 0 Å². The summed E-state index contributed by atoms with van der Waals surface area (Å²) in [6.45, 7) is 3.54. The number of thiophene rings is 1. The quantitative estimate of drug-likeness (QED) is 0.294. The fraction of sp³-hybridized carbons (Fsp3) is 0.600. The molecule has 1 aliphatic rings. The molecule has 1 amide bonds. The third kappa shape index (κ3) is 5.43. The van der Waals surface area contributed by atoms with Crippen LogP contribution < -0.4 is 5.32 Å². The molecule has 146 valence electrons. The number of carbonyl (C=O) groups excluding carboxylic acids is 2. The zero-order chi connectivity index (χ0) is 19.3. The molecular weight excluding hydrogens is 402 g/mol. The number of hydrogen-bond donors (Lipinski definition) is 1. The number of carbonyl (C=O) groups is 2. The van der Waals surface area contributed by atoms with Crippen LogP contribution in [0.4, 0.5) is 5.00 Å². The number of esters is 1. The Morgan fingerprint density at radius 2 is 2.00 bits per heavy atom. The van der Waals surface area contributed by atoms with Gasteiger partial charge in [0.2, 0.25) is 0 Å². The number of rotatable bonds is 8. The van der Waals surface area contributed by atoms with Crippen LogP contribution in [0.15, 0.2) is 0 Å². The van der Waals surface area contributed by atoms with Crippen molar-refractivity contribution in [1.29, 1.82) is 0 Å². The molecule has 0 fully saturated rings. The topological polar surface area (TPSA) is 122 Å². The van der Waals surface area contributed by atoms with E-state index < -0.39 is 27.1 Å². The Hall–Kier alpha value is -1.14. The van der Waals surface area contributed by atoms with Gasteiger partial charge >= 0.3 is 5.97 Å². The van der Waals surface area contributed by atoms with Crippen LogP contribution in [-0.2, 0) is 35.7 Å². The maximum atomic E-state index is 12.4. The van der Waals surface area contributed by atoms with E-state index in [0.29, 0.717) is 10.6 Å². The first-order chi connectivity index (χ1) is 12.3. The zero-order valence-corrected chi connectivity index (χ0v) is 16.9. The van der Waals surface area contributed by atoms with E-state index in [4.69, 9.17) is 8.92 Å². The normalized spacial score (nSPS) is 15.2. The highest BCUT2D eigenvalue weighted by atomic mass is 33.2. The van der Waals surface area contributed by atoms with Crippen molar-refractivity contribution in [3.05, 3.63) is 16.0 Å². The summed E-state index contributed by atoms with van der Waals surface area (Å²) in [5.41, 5.74) is 1.26. The van der Waals surface area contributed by atoms with Gasteiger partial charge in [0.1, 0.15) is 16.1 Å². The minimum Gasteiger partial charge on any atom is -0.738 e. The van der Waals surface area contributed by atoms with E-state index in [2.05, 4.69) is 5.32 Å². The van der Waals surface area contributed by atoms with Crippen LogP contribution in [0.1, 0.15) is 53.9 Å². The van der Waals surface area contributed by atoms with Gasteiger partial charge in [0.15, 0.2) is 15.3 Å². The molecule has 2 rings (SSSR count). The molecule has 0 aliphatic heterocycles. The molecule has 11 heteroatoms. The molecule has 0 bridgehead atoms. The van der Waals surface area contributed by atoms with E-state index >= 15 is 0 Å². The van der Waals surface area contributed by atoms with Crippen LogP contribution in [0.2, 0.25) is 0 Å². The molecule has 0 saturated carbocycles. The van der Waals surface area contributed by atoms with Crippen LogP contribution in [0.5, 0.6) is 0 Å². The molecule has 0 spiro atoms. The maximum absolute atomic E-state index is 12.4. The van der Waals surface area contributed by atoms with Gasteiger partial charge in [0, 0.05) is 4.88 Å². The summed E-state index contributed by atoms with van der Waals surface area (Å²) in [6.07, 6.45) is 2.57. The van der Waals surface area contributed by atoms with E-state index in [1.807, 2.05) is 0 Å². The van der Waals surface area contributed by atoms with E-state index in [-0.39, 0.29) is 24.1 Å². The number of amides is 1. The Bertz CT molecular complexity index is 772. The Morgan fingerprint density at radius 3 is 2.62 bits per heavy atom. The predicted octanol–water partition coefficient (Wildman–Crippen LogP) is 2.65. The molecule has 0 saturated heterocycles. The SMILES string of the molecule is CCOC(=O)c1c(NC(=O)C(CC)OSS(=O)(=O)[O-])sc2c1CCCC2. The number of fused-ring (bicyclic) bond motifs is 1. The minimum absolute atomic E-state index is 0.161. The summed E-state index contributed by atoms with van der Waals surface area (Å²) in [6, 6.07) is 0. The first kappa shape index (κ1) is 21.2. The predicted molar refractivity (Wildman–Crippen MR) is 98.0 cm³/mol. The lowest BCUT2D eigenvalue weighted by atomic mass is 9.95. The fourth-order valence-corrected chi connectivity index (χ4v) is 4.93. The standard InChI is InChI=1S/C15H21NO7S3/c1-3-10(23-25-26(19,20)21)13(17)16-14-12(15(18)22-4-2)9-7-5-6-8-11(9)24-14/h10H,3-8H2,1-2H3,(H,16,17)(H,19,20,21)/p-1. The number of anilines is 1. The van der Waals surface area contributed by atoms with Crippen LogP contribution in [0.3, 0.4) is 0 Å². The molecule has 26 heavy (non-hydrogen) atoms.